The molecule has 0 saturated carbocycles. The lowest BCUT2D eigenvalue weighted by Gasteiger charge is -2.42. The van der Waals surface area contributed by atoms with Gasteiger partial charge in [0.15, 0.2) is 12.6 Å². The maximum Gasteiger partial charge on any atom is 0.186 e. The Bertz CT molecular complexity index is 1430. The zero-order valence-electron chi connectivity index (χ0n) is 25.3. The fourth-order valence-corrected chi connectivity index (χ4v) is 5.34. The van der Waals surface area contributed by atoms with Crippen LogP contribution in [0.3, 0.4) is 0 Å². The first-order valence-corrected chi connectivity index (χ1v) is 15.5. The molecular weight excluding hydrogens is 568 g/mol. The van der Waals surface area contributed by atoms with Gasteiger partial charge in [-0.3, -0.25) is 0 Å². The van der Waals surface area contributed by atoms with Crippen LogP contribution in [0.25, 0.3) is 0 Å². The van der Waals surface area contributed by atoms with Gasteiger partial charge in [-0.1, -0.05) is 121 Å². The van der Waals surface area contributed by atoms with Crippen LogP contribution in [0, 0.1) is 0 Å². The predicted molar refractivity (Wildman–Crippen MR) is 170 cm³/mol. The minimum absolute atomic E-state index is 0.283. The van der Waals surface area contributed by atoms with E-state index in [1.54, 1.807) is 0 Å². The molecule has 6 rings (SSSR count). The van der Waals surface area contributed by atoms with E-state index >= 15 is 0 Å². The minimum Gasteiger partial charge on any atom is -0.372 e. The first-order valence-electron chi connectivity index (χ1n) is 15.5. The fraction of sp³-hybridized carbons (Fsp3) is 0.316. The highest BCUT2D eigenvalue weighted by Gasteiger charge is 2.45. The molecule has 234 valence electrons. The first kappa shape index (κ1) is 31.3. The van der Waals surface area contributed by atoms with E-state index < -0.39 is 30.9 Å². The normalized spacial score (nSPS) is 23.1. The smallest absolute Gasteiger partial charge is 0.186 e. The second-order valence-corrected chi connectivity index (χ2v) is 11.2. The molecule has 1 saturated heterocycles. The molecule has 7 nitrogen and oxygen atoms in total. The average molecular weight is 609 g/mol. The Morgan fingerprint density at radius 3 is 1.60 bits per heavy atom. The molecule has 0 unspecified atom stereocenters. The summed E-state index contributed by atoms with van der Waals surface area (Å²) < 4.78 is 44.3. The van der Waals surface area contributed by atoms with Crippen molar-refractivity contribution in [2.45, 2.75) is 57.3 Å². The number of rotatable bonds is 15. The molecule has 1 fully saturated rings. The molecule has 0 aliphatic carbocycles. The van der Waals surface area contributed by atoms with Crippen LogP contribution in [-0.4, -0.2) is 50.7 Å². The van der Waals surface area contributed by atoms with Crippen molar-refractivity contribution in [3.05, 3.63) is 155 Å². The SMILES string of the molecule is C1=C(COCc2ccccc2)CO[C@H]1O[C@@H]1[C@@H](OCc2ccccc2)[C@@H](OCc2ccccc2)OC[C@H]1OCc1ccccc1. The van der Waals surface area contributed by atoms with Gasteiger partial charge in [0, 0.05) is 0 Å². The van der Waals surface area contributed by atoms with Gasteiger partial charge in [0.25, 0.3) is 0 Å². The van der Waals surface area contributed by atoms with Gasteiger partial charge in [-0.05, 0) is 33.9 Å². The summed E-state index contributed by atoms with van der Waals surface area (Å²) in [5.74, 6) is 0. The van der Waals surface area contributed by atoms with Crippen molar-refractivity contribution >= 4 is 0 Å². The molecule has 4 aromatic carbocycles. The van der Waals surface area contributed by atoms with Crippen LogP contribution in [0.15, 0.2) is 133 Å². The van der Waals surface area contributed by atoms with Crippen LogP contribution in [0.2, 0.25) is 0 Å². The second-order valence-electron chi connectivity index (χ2n) is 11.2. The standard InChI is InChI=1S/C38H40O7/c1-5-13-29(14-6-1)22-39-23-33-21-35(41-27-33)45-36-34(40-24-30-15-7-2-8-16-30)28-44-38(43-26-32-19-11-4-12-20-32)37(36)42-25-31-17-9-3-10-18-31/h1-21,34-38H,22-28H2/t34-,35+,36+,37-,38+/m1/s1. The molecule has 0 bridgehead atoms. The lowest BCUT2D eigenvalue weighted by molar-refractivity contribution is -0.315. The summed E-state index contributed by atoms with van der Waals surface area (Å²) in [5.41, 5.74) is 5.31. The van der Waals surface area contributed by atoms with Crippen molar-refractivity contribution in [2.75, 3.05) is 19.8 Å². The van der Waals surface area contributed by atoms with E-state index in [0.717, 1.165) is 27.8 Å². The Morgan fingerprint density at radius 1 is 0.511 bits per heavy atom. The van der Waals surface area contributed by atoms with E-state index in [9.17, 15) is 0 Å². The minimum atomic E-state index is -0.672. The molecule has 0 amide bonds. The number of ether oxygens (including phenoxy) is 7. The molecule has 0 N–H and O–H groups in total. The summed E-state index contributed by atoms with van der Waals surface area (Å²) in [5, 5.41) is 0. The van der Waals surface area contributed by atoms with Crippen molar-refractivity contribution in [2.24, 2.45) is 0 Å². The molecule has 45 heavy (non-hydrogen) atoms. The van der Waals surface area contributed by atoms with Gasteiger partial charge in [0.05, 0.1) is 46.2 Å². The fourth-order valence-electron chi connectivity index (χ4n) is 5.34. The second kappa shape index (κ2) is 16.6. The molecular formula is C38H40O7. The Balaban J connectivity index is 1.17. The highest BCUT2D eigenvalue weighted by atomic mass is 16.7. The van der Waals surface area contributed by atoms with Crippen LogP contribution in [0.4, 0.5) is 0 Å². The van der Waals surface area contributed by atoms with Crippen LogP contribution in [0.5, 0.6) is 0 Å². The van der Waals surface area contributed by atoms with Gasteiger partial charge in [0.2, 0.25) is 0 Å². The summed E-state index contributed by atoms with van der Waals surface area (Å²) in [6, 6.07) is 40.3. The average Bonchev–Trinajstić information content (AvgIpc) is 3.55. The van der Waals surface area contributed by atoms with Crippen molar-refractivity contribution in [1.29, 1.82) is 0 Å². The Morgan fingerprint density at radius 2 is 1.02 bits per heavy atom. The molecule has 0 aromatic heterocycles. The topological polar surface area (TPSA) is 64.6 Å². The third kappa shape index (κ3) is 9.42. The first-order chi connectivity index (χ1) is 22.3. The van der Waals surface area contributed by atoms with Crippen molar-refractivity contribution in [1.82, 2.24) is 0 Å². The molecule has 0 spiro atoms. The van der Waals surface area contributed by atoms with E-state index in [4.69, 9.17) is 33.2 Å². The molecule has 2 aliphatic heterocycles. The molecule has 7 heteroatoms. The highest BCUT2D eigenvalue weighted by Crippen LogP contribution is 2.29. The lowest BCUT2D eigenvalue weighted by Crippen LogP contribution is -2.57. The summed E-state index contributed by atoms with van der Waals surface area (Å²) in [7, 11) is 0. The van der Waals surface area contributed by atoms with E-state index in [-0.39, 0.29) is 6.61 Å². The van der Waals surface area contributed by atoms with E-state index in [1.807, 2.05) is 115 Å². The number of benzene rings is 4. The molecule has 0 radical (unpaired) electrons. The van der Waals surface area contributed by atoms with Crippen LogP contribution in [0.1, 0.15) is 22.3 Å². The molecule has 2 aliphatic rings. The summed E-state index contributed by atoms with van der Waals surface area (Å²) in [4.78, 5) is 0. The van der Waals surface area contributed by atoms with Crippen LogP contribution < -0.4 is 0 Å². The maximum atomic E-state index is 6.67. The number of hydrogen-bond acceptors (Lipinski definition) is 7. The van der Waals surface area contributed by atoms with Crippen LogP contribution in [-0.2, 0) is 59.6 Å². The van der Waals surface area contributed by atoms with E-state index in [0.29, 0.717) is 39.6 Å². The highest BCUT2D eigenvalue weighted by molar-refractivity contribution is 5.17. The zero-order chi connectivity index (χ0) is 30.5. The zero-order valence-corrected chi connectivity index (χ0v) is 25.3. The third-order valence-corrected chi connectivity index (χ3v) is 7.73. The summed E-state index contributed by atoms with van der Waals surface area (Å²) in [6.07, 6.45) is -0.795. The van der Waals surface area contributed by atoms with Gasteiger partial charge in [0.1, 0.15) is 18.3 Å². The van der Waals surface area contributed by atoms with Gasteiger partial charge in [-0.25, -0.2) is 0 Å². The molecule has 5 atom stereocenters. The lowest BCUT2D eigenvalue weighted by atomic mass is 10.0. The van der Waals surface area contributed by atoms with Crippen molar-refractivity contribution in [3.8, 4) is 0 Å². The van der Waals surface area contributed by atoms with E-state index in [2.05, 4.69) is 12.1 Å². The van der Waals surface area contributed by atoms with Gasteiger partial charge in [-0.2, -0.15) is 0 Å². The third-order valence-electron chi connectivity index (χ3n) is 7.73. The Kier molecular flexibility index (Phi) is 11.6. The Labute approximate surface area is 265 Å². The van der Waals surface area contributed by atoms with Crippen molar-refractivity contribution < 1.29 is 33.2 Å². The van der Waals surface area contributed by atoms with Gasteiger partial charge in [-0.15, -0.1) is 0 Å². The van der Waals surface area contributed by atoms with E-state index in [1.165, 1.54) is 0 Å². The summed E-state index contributed by atoms with van der Waals surface area (Å²) >= 11 is 0. The van der Waals surface area contributed by atoms with Crippen molar-refractivity contribution in [3.63, 3.8) is 0 Å². The monoisotopic (exact) mass is 608 g/mol. The summed E-state index contributed by atoms with van der Waals surface area (Å²) in [6.45, 7) is 2.87. The molecule has 2 heterocycles. The van der Waals surface area contributed by atoms with Gasteiger partial charge >= 0.3 is 0 Å². The maximum absolute atomic E-state index is 6.67. The quantitative estimate of drug-likeness (QED) is 0.141. The molecule has 4 aromatic rings. The largest absolute Gasteiger partial charge is 0.372 e. The van der Waals surface area contributed by atoms with Gasteiger partial charge < -0.3 is 33.2 Å². The number of hydrogen-bond donors (Lipinski definition) is 0. The predicted octanol–water partition coefficient (Wildman–Crippen LogP) is 6.62. The Hall–Kier alpha value is -3.66. The van der Waals surface area contributed by atoms with Crippen LogP contribution >= 0.6 is 0 Å².